The van der Waals surface area contributed by atoms with Gasteiger partial charge in [0.2, 0.25) is 0 Å². The Bertz CT molecular complexity index is 1360. The van der Waals surface area contributed by atoms with Crippen molar-refractivity contribution in [3.05, 3.63) is 70.9 Å². The van der Waals surface area contributed by atoms with Crippen LogP contribution in [0.1, 0.15) is 35.7 Å². The molecule has 0 atom stereocenters. The lowest BCUT2D eigenvalue weighted by Crippen LogP contribution is -2.51. The molecule has 190 valence electrons. The lowest BCUT2D eigenvalue weighted by Gasteiger charge is -2.30. The monoisotopic (exact) mass is 529 g/mol. The Balaban J connectivity index is 1.30. The molecule has 11 heteroatoms. The van der Waals surface area contributed by atoms with Gasteiger partial charge in [0.15, 0.2) is 0 Å². The van der Waals surface area contributed by atoms with Crippen molar-refractivity contribution in [3.63, 3.8) is 0 Å². The first-order valence-electron chi connectivity index (χ1n) is 11.7. The summed E-state index contributed by atoms with van der Waals surface area (Å²) >= 11 is 6.15. The van der Waals surface area contributed by atoms with E-state index in [0.717, 1.165) is 23.8 Å². The number of carbonyl (C=O) groups is 2. The largest absolute Gasteiger partial charge is 0.352 e. The van der Waals surface area contributed by atoms with Crippen molar-refractivity contribution in [2.75, 3.05) is 19.6 Å². The highest BCUT2D eigenvalue weighted by Crippen LogP contribution is 2.22. The number of urea groups is 1. The number of benzene rings is 2. The number of hydrogen-bond acceptors (Lipinski definition) is 6. The summed E-state index contributed by atoms with van der Waals surface area (Å²) in [6, 6.07) is 12.4. The van der Waals surface area contributed by atoms with Gasteiger partial charge < -0.3 is 5.32 Å². The molecule has 3 amide bonds. The lowest BCUT2D eigenvalue weighted by molar-refractivity contribution is 0.0955. The van der Waals surface area contributed by atoms with E-state index in [-0.39, 0.29) is 10.8 Å². The van der Waals surface area contributed by atoms with Gasteiger partial charge in [-0.25, -0.2) is 22.9 Å². The number of hydrazine groups is 1. The average Bonchev–Trinajstić information content (AvgIpc) is 2.85. The Kier molecular flexibility index (Phi) is 8.07. The molecule has 3 N–H and O–H groups in total. The molecule has 9 nitrogen and oxygen atoms in total. The summed E-state index contributed by atoms with van der Waals surface area (Å²) in [4.78, 5) is 29.2. The predicted molar refractivity (Wildman–Crippen MR) is 138 cm³/mol. The van der Waals surface area contributed by atoms with E-state index < -0.39 is 16.1 Å². The van der Waals surface area contributed by atoms with Crippen molar-refractivity contribution in [2.24, 2.45) is 5.92 Å². The van der Waals surface area contributed by atoms with E-state index in [4.69, 9.17) is 11.6 Å². The van der Waals surface area contributed by atoms with Crippen molar-refractivity contribution in [2.45, 2.75) is 31.1 Å². The number of aromatic nitrogens is 1. The zero-order chi connectivity index (χ0) is 25.7. The number of hydrogen-bond donors (Lipinski definition) is 3. The van der Waals surface area contributed by atoms with E-state index in [2.05, 4.69) is 27.4 Å². The van der Waals surface area contributed by atoms with Crippen molar-refractivity contribution in [3.8, 4) is 0 Å². The number of nitrogens with zero attached hydrogens (tertiary/aromatic N) is 2. The highest BCUT2D eigenvalue weighted by atomic mass is 35.5. The van der Waals surface area contributed by atoms with E-state index >= 15 is 0 Å². The summed E-state index contributed by atoms with van der Waals surface area (Å²) in [5.41, 5.74) is 4.38. The minimum atomic E-state index is -4.01. The molecule has 2 heterocycles. The summed E-state index contributed by atoms with van der Waals surface area (Å²) in [5.74, 6) is 0.300. The van der Waals surface area contributed by atoms with Crippen LogP contribution in [0, 0.1) is 5.92 Å². The molecular weight excluding hydrogens is 502 g/mol. The normalized spacial score (nSPS) is 14.9. The van der Waals surface area contributed by atoms with Crippen molar-refractivity contribution in [1.82, 2.24) is 25.5 Å². The van der Waals surface area contributed by atoms with Crippen LogP contribution in [-0.2, 0) is 16.4 Å². The quantitative estimate of drug-likeness (QED) is 0.431. The zero-order valence-electron chi connectivity index (χ0n) is 19.8. The maximum Gasteiger partial charge on any atom is 0.343 e. The molecule has 0 radical (unpaired) electrons. The second-order valence-corrected chi connectivity index (χ2v) is 11.0. The molecule has 0 saturated carbocycles. The van der Waals surface area contributed by atoms with Gasteiger partial charge in [0, 0.05) is 36.2 Å². The van der Waals surface area contributed by atoms with Crippen molar-refractivity contribution < 1.29 is 18.0 Å². The third kappa shape index (κ3) is 6.51. The third-order valence-corrected chi connectivity index (χ3v) is 7.68. The molecule has 1 aromatic heterocycles. The van der Waals surface area contributed by atoms with Gasteiger partial charge >= 0.3 is 6.03 Å². The first-order chi connectivity index (χ1) is 17.2. The smallest absolute Gasteiger partial charge is 0.343 e. The Hall–Kier alpha value is -3.21. The maximum absolute atomic E-state index is 12.7. The van der Waals surface area contributed by atoms with E-state index in [1.54, 1.807) is 41.5 Å². The summed E-state index contributed by atoms with van der Waals surface area (Å²) in [7, 11) is -4.01. The van der Waals surface area contributed by atoms with Gasteiger partial charge in [0.1, 0.15) is 0 Å². The standard InChI is InChI=1S/C25H28ClN5O4S/c1-17-9-13-31(14-10-17)29-25(33)30-36(34,35)21-6-4-18(5-7-21)8-12-28-24(32)22-16-20(26)15-19-3-2-11-27-23(19)22/h2-7,11,15-17H,8-10,12-14H2,1H3,(H,28,32)(H2,29,30,33). The second-order valence-electron chi connectivity index (χ2n) is 8.89. The Morgan fingerprint density at radius 2 is 1.83 bits per heavy atom. The predicted octanol–water partition coefficient (Wildman–Crippen LogP) is 3.50. The van der Waals surface area contributed by atoms with E-state index in [1.165, 1.54) is 12.1 Å². The number of pyridine rings is 1. The molecule has 3 aromatic rings. The number of carbonyl (C=O) groups excluding carboxylic acids is 2. The van der Waals surface area contributed by atoms with Crippen molar-refractivity contribution in [1.29, 1.82) is 0 Å². The number of fused-ring (bicyclic) bond motifs is 1. The van der Waals surface area contributed by atoms with Crippen LogP contribution in [0.5, 0.6) is 0 Å². The van der Waals surface area contributed by atoms with Gasteiger partial charge in [-0.2, -0.15) is 0 Å². The van der Waals surface area contributed by atoms with E-state index in [1.807, 2.05) is 6.07 Å². The number of nitrogens with one attached hydrogen (secondary N) is 3. The fourth-order valence-corrected chi connectivity index (χ4v) is 5.18. The molecule has 0 bridgehead atoms. The molecule has 0 unspecified atom stereocenters. The first-order valence-corrected chi connectivity index (χ1v) is 13.6. The molecule has 0 spiro atoms. The van der Waals surface area contributed by atoms with Crippen LogP contribution in [0.3, 0.4) is 0 Å². The highest BCUT2D eigenvalue weighted by Gasteiger charge is 2.21. The van der Waals surface area contributed by atoms with Gasteiger partial charge in [-0.3, -0.25) is 15.2 Å². The van der Waals surface area contributed by atoms with Crippen LogP contribution in [0.4, 0.5) is 4.79 Å². The van der Waals surface area contributed by atoms with Crippen LogP contribution in [0.15, 0.2) is 59.6 Å². The highest BCUT2D eigenvalue weighted by molar-refractivity contribution is 7.90. The average molecular weight is 530 g/mol. The second kappa shape index (κ2) is 11.2. The summed E-state index contributed by atoms with van der Waals surface area (Å²) in [6.45, 7) is 3.85. The van der Waals surface area contributed by atoms with Crippen LogP contribution >= 0.6 is 11.6 Å². The van der Waals surface area contributed by atoms with Gasteiger partial charge in [0.05, 0.1) is 16.0 Å². The van der Waals surface area contributed by atoms with Gasteiger partial charge in [-0.1, -0.05) is 36.7 Å². The summed E-state index contributed by atoms with van der Waals surface area (Å²) in [6.07, 6.45) is 4.00. The Morgan fingerprint density at radius 1 is 1.11 bits per heavy atom. The molecule has 1 saturated heterocycles. The van der Waals surface area contributed by atoms with Gasteiger partial charge in [0.25, 0.3) is 15.9 Å². The Morgan fingerprint density at radius 3 is 2.56 bits per heavy atom. The van der Waals surface area contributed by atoms with Gasteiger partial charge in [-0.05, 0) is 61.1 Å². The molecule has 1 fully saturated rings. The maximum atomic E-state index is 12.7. The fraction of sp³-hybridized carbons (Fsp3) is 0.320. The molecule has 36 heavy (non-hydrogen) atoms. The topological polar surface area (TPSA) is 121 Å². The minimum absolute atomic E-state index is 0.0193. The van der Waals surface area contributed by atoms with E-state index in [0.29, 0.717) is 48.1 Å². The molecular formula is C25H28ClN5O4S. The van der Waals surface area contributed by atoms with Crippen molar-refractivity contribution >= 4 is 44.5 Å². The van der Waals surface area contributed by atoms with Crippen LogP contribution in [0.25, 0.3) is 10.9 Å². The number of piperidine rings is 1. The van der Waals surface area contributed by atoms with Crippen LogP contribution in [0.2, 0.25) is 5.02 Å². The molecule has 0 aliphatic carbocycles. The third-order valence-electron chi connectivity index (χ3n) is 6.12. The first kappa shape index (κ1) is 25.9. The zero-order valence-corrected chi connectivity index (χ0v) is 21.4. The molecule has 1 aliphatic heterocycles. The van der Waals surface area contributed by atoms with Gasteiger partial charge in [-0.15, -0.1) is 0 Å². The number of halogens is 1. The molecule has 4 rings (SSSR count). The number of rotatable bonds is 7. The minimum Gasteiger partial charge on any atom is -0.352 e. The fourth-order valence-electron chi connectivity index (χ4n) is 4.05. The number of sulfonamides is 1. The lowest BCUT2D eigenvalue weighted by atomic mass is 10.0. The molecule has 1 aliphatic rings. The number of amides is 3. The Labute approximate surface area is 215 Å². The summed E-state index contributed by atoms with van der Waals surface area (Å²) in [5, 5.41) is 5.81. The van der Waals surface area contributed by atoms with Crippen LogP contribution in [-0.4, -0.2) is 50.0 Å². The molecule has 2 aromatic carbocycles. The SMILES string of the molecule is CC1CCN(NC(=O)NS(=O)(=O)c2ccc(CCNC(=O)c3cc(Cl)cc4cccnc34)cc2)CC1. The van der Waals surface area contributed by atoms with Crippen LogP contribution < -0.4 is 15.5 Å². The van der Waals surface area contributed by atoms with E-state index in [9.17, 15) is 18.0 Å². The summed E-state index contributed by atoms with van der Waals surface area (Å²) < 4.78 is 27.2.